The van der Waals surface area contributed by atoms with Crippen molar-refractivity contribution >= 4 is 12.4 Å². The Morgan fingerprint density at radius 3 is 2.09 bits per heavy atom. The monoisotopic (exact) mass is 173 g/mol. The number of allylic oxidation sites excluding steroid dienone is 1. The summed E-state index contributed by atoms with van der Waals surface area (Å²) in [7, 11) is 0. The average molecular weight is 174 g/mol. The molecule has 1 spiro atoms. The van der Waals surface area contributed by atoms with Gasteiger partial charge in [-0.15, -0.1) is 12.4 Å². The molecule has 1 aliphatic heterocycles. The predicted octanol–water partition coefficient (Wildman–Crippen LogP) is 2.13. The molecule has 11 heavy (non-hydrogen) atoms. The van der Waals surface area contributed by atoms with Crippen LogP contribution in [-0.2, 0) is 0 Å². The maximum atomic E-state index is 4.11. The van der Waals surface area contributed by atoms with E-state index in [2.05, 4.69) is 11.9 Å². The highest BCUT2D eigenvalue weighted by Gasteiger charge is 2.40. The molecule has 0 atom stereocenters. The lowest BCUT2D eigenvalue weighted by molar-refractivity contribution is 0.172. The van der Waals surface area contributed by atoms with E-state index in [1.54, 1.807) is 0 Å². The van der Waals surface area contributed by atoms with Crippen LogP contribution < -0.4 is 5.32 Å². The molecule has 0 aromatic heterocycles. The van der Waals surface area contributed by atoms with Gasteiger partial charge in [0.05, 0.1) is 0 Å². The van der Waals surface area contributed by atoms with E-state index in [9.17, 15) is 0 Å². The van der Waals surface area contributed by atoms with Gasteiger partial charge in [-0.25, -0.2) is 0 Å². The first kappa shape index (κ1) is 9.08. The first-order valence-corrected chi connectivity index (χ1v) is 4.22. The Kier molecular flexibility index (Phi) is 2.61. The molecule has 1 heterocycles. The van der Waals surface area contributed by atoms with E-state index in [1.807, 2.05) is 0 Å². The SMILES string of the molecule is C=C1CCC12CCNCC2.Cl. The Morgan fingerprint density at radius 2 is 1.82 bits per heavy atom. The van der Waals surface area contributed by atoms with Gasteiger partial charge in [-0.2, -0.15) is 0 Å². The minimum absolute atomic E-state index is 0. The molecule has 1 nitrogen and oxygen atoms in total. The summed E-state index contributed by atoms with van der Waals surface area (Å²) in [6.07, 6.45) is 5.38. The number of hydrogen-bond acceptors (Lipinski definition) is 1. The summed E-state index contributed by atoms with van der Waals surface area (Å²) in [5, 5.41) is 3.39. The van der Waals surface area contributed by atoms with Gasteiger partial charge in [-0.05, 0) is 44.2 Å². The number of rotatable bonds is 0. The second kappa shape index (κ2) is 3.16. The first-order valence-electron chi connectivity index (χ1n) is 4.22. The van der Waals surface area contributed by atoms with Crippen molar-refractivity contribution in [2.45, 2.75) is 25.7 Å². The molecule has 2 rings (SSSR count). The van der Waals surface area contributed by atoms with Gasteiger partial charge in [0.25, 0.3) is 0 Å². The highest BCUT2D eigenvalue weighted by Crippen LogP contribution is 2.51. The van der Waals surface area contributed by atoms with Crippen LogP contribution in [0.3, 0.4) is 0 Å². The van der Waals surface area contributed by atoms with Crippen LogP contribution in [0.2, 0.25) is 0 Å². The van der Waals surface area contributed by atoms with Crippen LogP contribution in [0.25, 0.3) is 0 Å². The van der Waals surface area contributed by atoms with Crippen LogP contribution in [0.5, 0.6) is 0 Å². The van der Waals surface area contributed by atoms with Crippen molar-refractivity contribution in [3.05, 3.63) is 12.2 Å². The summed E-state index contributed by atoms with van der Waals surface area (Å²) in [5.41, 5.74) is 2.12. The fourth-order valence-corrected chi connectivity index (χ4v) is 2.16. The molecule has 1 saturated heterocycles. The van der Waals surface area contributed by atoms with Crippen molar-refractivity contribution in [1.29, 1.82) is 0 Å². The predicted molar refractivity (Wildman–Crippen MR) is 50.2 cm³/mol. The summed E-state index contributed by atoms with van der Waals surface area (Å²) >= 11 is 0. The maximum absolute atomic E-state index is 4.11. The maximum Gasteiger partial charge on any atom is -0.00405 e. The number of nitrogens with one attached hydrogen (secondary N) is 1. The molecule has 1 N–H and O–H groups in total. The van der Waals surface area contributed by atoms with E-state index in [0.717, 1.165) is 0 Å². The molecule has 1 saturated carbocycles. The van der Waals surface area contributed by atoms with Crippen molar-refractivity contribution in [3.8, 4) is 0 Å². The summed E-state index contributed by atoms with van der Waals surface area (Å²) in [5.74, 6) is 0. The Hall–Kier alpha value is -0.0100. The second-order valence-corrected chi connectivity index (χ2v) is 3.63. The van der Waals surface area contributed by atoms with Crippen LogP contribution >= 0.6 is 12.4 Å². The summed E-state index contributed by atoms with van der Waals surface area (Å²) in [4.78, 5) is 0. The zero-order valence-corrected chi connectivity index (χ0v) is 7.67. The molecule has 2 heteroatoms. The van der Waals surface area contributed by atoms with Crippen molar-refractivity contribution < 1.29 is 0 Å². The van der Waals surface area contributed by atoms with E-state index < -0.39 is 0 Å². The standard InChI is InChI=1S/C9H15N.ClH/c1-8-2-3-9(8)4-6-10-7-5-9;/h10H,1-7H2;1H. The number of piperidine rings is 1. The third-order valence-corrected chi connectivity index (χ3v) is 3.22. The quantitative estimate of drug-likeness (QED) is 0.554. The molecule has 0 bridgehead atoms. The highest BCUT2D eigenvalue weighted by atomic mass is 35.5. The second-order valence-electron chi connectivity index (χ2n) is 3.63. The van der Waals surface area contributed by atoms with Crippen LogP contribution in [-0.4, -0.2) is 13.1 Å². The van der Waals surface area contributed by atoms with Gasteiger partial charge in [-0.1, -0.05) is 12.2 Å². The zero-order valence-electron chi connectivity index (χ0n) is 6.86. The number of hydrogen-bond donors (Lipinski definition) is 1. The van der Waals surface area contributed by atoms with Gasteiger partial charge < -0.3 is 5.32 Å². The molecule has 0 aromatic carbocycles. The Bertz CT molecular complexity index is 159. The van der Waals surface area contributed by atoms with E-state index in [4.69, 9.17) is 0 Å². The molecular formula is C9H16ClN. The molecule has 64 valence electrons. The fourth-order valence-electron chi connectivity index (χ4n) is 2.16. The van der Waals surface area contributed by atoms with E-state index in [1.165, 1.54) is 44.3 Å². The Morgan fingerprint density at radius 1 is 1.18 bits per heavy atom. The third kappa shape index (κ3) is 1.32. The average Bonchev–Trinajstić information content (AvgIpc) is 2.04. The molecule has 1 aliphatic carbocycles. The van der Waals surface area contributed by atoms with Gasteiger partial charge in [0.2, 0.25) is 0 Å². The normalized spacial score (nSPS) is 27.5. The molecule has 2 aliphatic rings. The lowest BCUT2D eigenvalue weighted by atomic mass is 9.60. The molecule has 0 radical (unpaired) electrons. The molecule has 0 aromatic rings. The molecule has 0 unspecified atom stereocenters. The van der Waals surface area contributed by atoms with Crippen molar-refractivity contribution in [2.75, 3.05) is 13.1 Å². The summed E-state index contributed by atoms with van der Waals surface area (Å²) in [6, 6.07) is 0. The smallest absolute Gasteiger partial charge is 0.00405 e. The Balaban J connectivity index is 0.000000605. The summed E-state index contributed by atoms with van der Waals surface area (Å²) in [6.45, 7) is 6.52. The fraction of sp³-hybridized carbons (Fsp3) is 0.778. The van der Waals surface area contributed by atoms with Gasteiger partial charge in [0, 0.05) is 0 Å². The van der Waals surface area contributed by atoms with E-state index in [-0.39, 0.29) is 12.4 Å². The highest BCUT2D eigenvalue weighted by molar-refractivity contribution is 5.85. The van der Waals surface area contributed by atoms with Crippen LogP contribution in [0.15, 0.2) is 12.2 Å². The Labute approximate surface area is 74.7 Å². The van der Waals surface area contributed by atoms with Gasteiger partial charge >= 0.3 is 0 Å². The molecular weight excluding hydrogens is 158 g/mol. The van der Waals surface area contributed by atoms with E-state index >= 15 is 0 Å². The lowest BCUT2D eigenvalue weighted by Gasteiger charge is -2.47. The minimum Gasteiger partial charge on any atom is -0.317 e. The van der Waals surface area contributed by atoms with Gasteiger partial charge in [0.1, 0.15) is 0 Å². The van der Waals surface area contributed by atoms with Crippen LogP contribution in [0.1, 0.15) is 25.7 Å². The molecule has 0 amide bonds. The lowest BCUT2D eigenvalue weighted by Crippen LogP contribution is -2.42. The number of halogens is 1. The van der Waals surface area contributed by atoms with Crippen LogP contribution in [0, 0.1) is 5.41 Å². The minimum atomic E-state index is 0. The first-order chi connectivity index (χ1) is 4.83. The zero-order chi connectivity index (χ0) is 7.03. The third-order valence-electron chi connectivity index (χ3n) is 3.22. The van der Waals surface area contributed by atoms with E-state index in [0.29, 0.717) is 5.41 Å². The van der Waals surface area contributed by atoms with Crippen molar-refractivity contribution in [1.82, 2.24) is 5.32 Å². The van der Waals surface area contributed by atoms with Crippen molar-refractivity contribution in [2.24, 2.45) is 5.41 Å². The van der Waals surface area contributed by atoms with Crippen LogP contribution in [0.4, 0.5) is 0 Å². The van der Waals surface area contributed by atoms with Gasteiger partial charge in [-0.3, -0.25) is 0 Å². The topological polar surface area (TPSA) is 12.0 Å². The van der Waals surface area contributed by atoms with Gasteiger partial charge in [0.15, 0.2) is 0 Å². The summed E-state index contributed by atoms with van der Waals surface area (Å²) < 4.78 is 0. The largest absolute Gasteiger partial charge is 0.317 e. The molecule has 2 fully saturated rings. The van der Waals surface area contributed by atoms with Crippen molar-refractivity contribution in [3.63, 3.8) is 0 Å².